The lowest BCUT2D eigenvalue weighted by Crippen LogP contribution is -2.40. The van der Waals surface area contributed by atoms with E-state index in [4.69, 9.17) is 21.1 Å². The highest BCUT2D eigenvalue weighted by Crippen LogP contribution is 2.27. The molecule has 0 spiro atoms. The number of benzene rings is 1. The van der Waals surface area contributed by atoms with E-state index in [0.717, 1.165) is 4.90 Å². The number of rotatable bonds is 8. The molecular weight excluding hydrogens is 360 g/mol. The molecule has 0 aliphatic carbocycles. The van der Waals surface area contributed by atoms with Crippen LogP contribution in [0, 0.1) is 0 Å². The highest BCUT2D eigenvalue weighted by atomic mass is 35.5. The van der Waals surface area contributed by atoms with Crippen molar-refractivity contribution in [2.75, 3.05) is 33.9 Å². The fourth-order valence-electron chi connectivity index (χ4n) is 1.61. The number of carbonyl (C=O) groups excluding carboxylic acids is 2. The van der Waals surface area contributed by atoms with Crippen LogP contribution in [0.5, 0.6) is 5.75 Å². The van der Waals surface area contributed by atoms with Gasteiger partial charge in [0.15, 0.2) is 0 Å². The molecule has 0 atom stereocenters. The van der Waals surface area contributed by atoms with Gasteiger partial charge in [-0.05, 0) is 18.2 Å². The average Bonchev–Trinajstić information content (AvgIpc) is 2.48. The van der Waals surface area contributed by atoms with E-state index < -0.39 is 22.5 Å². The number of ether oxygens (including phenoxy) is 2. The maximum Gasteiger partial charge on any atom is 0.267 e. The number of sulfonamides is 1. The molecule has 0 heterocycles. The fourth-order valence-corrected chi connectivity index (χ4v) is 2.99. The van der Waals surface area contributed by atoms with Gasteiger partial charge in [-0.2, -0.15) is 0 Å². The molecule has 1 aromatic carbocycles. The van der Waals surface area contributed by atoms with Crippen LogP contribution in [-0.4, -0.2) is 59.0 Å². The van der Waals surface area contributed by atoms with Crippen LogP contribution in [0.4, 0.5) is 0 Å². The van der Waals surface area contributed by atoms with Crippen molar-refractivity contribution in [1.29, 1.82) is 0 Å². The molecule has 0 aliphatic rings. The smallest absolute Gasteiger partial charge is 0.267 e. The predicted octanol–water partition coefficient (Wildman–Crippen LogP) is 0.648. The second-order valence-electron chi connectivity index (χ2n) is 4.84. The third-order valence-electron chi connectivity index (χ3n) is 2.91. The van der Waals surface area contributed by atoms with Gasteiger partial charge < -0.3 is 14.4 Å². The summed E-state index contributed by atoms with van der Waals surface area (Å²) in [6.45, 7) is 1.26. The summed E-state index contributed by atoms with van der Waals surface area (Å²) in [6.07, 6.45) is 0. The van der Waals surface area contributed by atoms with E-state index in [1.807, 2.05) is 4.72 Å². The van der Waals surface area contributed by atoms with Crippen LogP contribution < -0.4 is 9.46 Å². The van der Waals surface area contributed by atoms with Crippen molar-refractivity contribution in [3.05, 3.63) is 23.2 Å². The number of hydrogen-bond donors (Lipinski definition) is 1. The Morgan fingerprint density at radius 3 is 2.54 bits per heavy atom. The van der Waals surface area contributed by atoms with Crippen molar-refractivity contribution in [1.82, 2.24) is 9.62 Å². The Hall–Kier alpha value is -1.84. The first-order valence-electron chi connectivity index (χ1n) is 6.86. The molecule has 8 nitrogen and oxygen atoms in total. The first-order chi connectivity index (χ1) is 11.2. The van der Waals surface area contributed by atoms with Gasteiger partial charge >= 0.3 is 0 Å². The van der Waals surface area contributed by atoms with Crippen molar-refractivity contribution in [2.45, 2.75) is 11.8 Å². The molecule has 0 unspecified atom stereocenters. The molecule has 1 aromatic rings. The van der Waals surface area contributed by atoms with E-state index in [1.165, 1.54) is 39.3 Å². The standard InChI is InChI=1S/C14H19ClN2O6S/c1-10(18)17(2)9-14(19)16-24(20,21)13-8-11(15)4-5-12(13)23-7-6-22-3/h4-5,8H,6-7,9H2,1-3H3,(H,16,19). The number of hydrogen-bond acceptors (Lipinski definition) is 6. The Bertz CT molecular complexity index is 707. The summed E-state index contributed by atoms with van der Waals surface area (Å²) in [5.74, 6) is -1.18. The van der Waals surface area contributed by atoms with Gasteiger partial charge in [0.1, 0.15) is 23.8 Å². The van der Waals surface area contributed by atoms with E-state index in [0.29, 0.717) is 0 Å². The van der Waals surface area contributed by atoms with Gasteiger partial charge in [-0.1, -0.05) is 11.6 Å². The summed E-state index contributed by atoms with van der Waals surface area (Å²) >= 11 is 5.84. The molecule has 24 heavy (non-hydrogen) atoms. The number of carbonyl (C=O) groups is 2. The van der Waals surface area contributed by atoms with Gasteiger partial charge in [0.05, 0.1) is 6.61 Å². The molecule has 0 radical (unpaired) electrons. The summed E-state index contributed by atoms with van der Waals surface area (Å²) in [5.41, 5.74) is 0. The Balaban J connectivity index is 2.98. The molecule has 0 bridgehead atoms. The topological polar surface area (TPSA) is 102 Å². The molecule has 10 heteroatoms. The van der Waals surface area contributed by atoms with Crippen LogP contribution in [0.3, 0.4) is 0 Å². The SMILES string of the molecule is COCCOc1ccc(Cl)cc1S(=O)(=O)NC(=O)CN(C)C(C)=O. The lowest BCUT2D eigenvalue weighted by atomic mass is 10.3. The monoisotopic (exact) mass is 378 g/mol. The molecule has 0 saturated heterocycles. The third kappa shape index (κ3) is 5.99. The van der Waals surface area contributed by atoms with Crippen LogP contribution in [0.15, 0.2) is 23.1 Å². The Morgan fingerprint density at radius 1 is 1.29 bits per heavy atom. The van der Waals surface area contributed by atoms with Gasteiger partial charge in [-0.15, -0.1) is 0 Å². The maximum absolute atomic E-state index is 12.4. The number of nitrogens with one attached hydrogen (secondary N) is 1. The molecule has 0 saturated carbocycles. The minimum Gasteiger partial charge on any atom is -0.490 e. The zero-order valence-corrected chi connectivity index (χ0v) is 15.1. The van der Waals surface area contributed by atoms with Crippen LogP contribution in [-0.2, 0) is 24.3 Å². The van der Waals surface area contributed by atoms with E-state index in [1.54, 1.807) is 0 Å². The molecular formula is C14H19ClN2O6S. The van der Waals surface area contributed by atoms with Crippen LogP contribution in [0.25, 0.3) is 0 Å². The van der Waals surface area contributed by atoms with Crippen molar-refractivity contribution < 1.29 is 27.5 Å². The Labute approximate surface area is 145 Å². The molecule has 0 aromatic heterocycles. The van der Waals surface area contributed by atoms with Gasteiger partial charge in [-0.3, -0.25) is 9.59 Å². The molecule has 1 rings (SSSR count). The zero-order valence-electron chi connectivity index (χ0n) is 13.5. The first kappa shape index (κ1) is 20.2. The molecule has 1 N–H and O–H groups in total. The average molecular weight is 379 g/mol. The van der Waals surface area contributed by atoms with E-state index in [-0.39, 0.29) is 34.8 Å². The summed E-state index contributed by atoms with van der Waals surface area (Å²) < 4.78 is 36.9. The van der Waals surface area contributed by atoms with Crippen LogP contribution >= 0.6 is 11.6 Å². The molecule has 0 fully saturated rings. The van der Waals surface area contributed by atoms with E-state index in [2.05, 4.69) is 0 Å². The summed E-state index contributed by atoms with van der Waals surface area (Å²) in [4.78, 5) is 23.7. The Morgan fingerprint density at radius 2 is 1.96 bits per heavy atom. The minimum absolute atomic E-state index is 0.0386. The summed E-state index contributed by atoms with van der Waals surface area (Å²) in [7, 11) is -1.35. The van der Waals surface area contributed by atoms with Crippen molar-refractivity contribution >= 4 is 33.4 Å². The number of likely N-dealkylation sites (N-methyl/N-ethyl adjacent to an activating group) is 1. The number of halogens is 1. The van der Waals surface area contributed by atoms with E-state index in [9.17, 15) is 18.0 Å². The lowest BCUT2D eigenvalue weighted by molar-refractivity contribution is -0.132. The number of nitrogens with zero attached hydrogens (tertiary/aromatic N) is 1. The predicted molar refractivity (Wildman–Crippen MR) is 87.5 cm³/mol. The van der Waals surface area contributed by atoms with Gasteiger partial charge in [-0.25, -0.2) is 13.1 Å². The highest BCUT2D eigenvalue weighted by molar-refractivity contribution is 7.90. The number of methoxy groups -OCH3 is 1. The second-order valence-corrected chi connectivity index (χ2v) is 6.92. The van der Waals surface area contributed by atoms with Gasteiger partial charge in [0, 0.05) is 26.1 Å². The maximum atomic E-state index is 12.4. The normalized spacial score (nSPS) is 11.0. The summed E-state index contributed by atoms with van der Waals surface area (Å²) in [5, 5.41) is 0.169. The van der Waals surface area contributed by atoms with Gasteiger partial charge in [0.2, 0.25) is 5.91 Å². The zero-order chi connectivity index (χ0) is 18.3. The first-order valence-corrected chi connectivity index (χ1v) is 8.72. The third-order valence-corrected chi connectivity index (χ3v) is 4.54. The molecule has 0 aliphatic heterocycles. The fraction of sp³-hybridized carbons (Fsp3) is 0.429. The van der Waals surface area contributed by atoms with Crippen molar-refractivity contribution in [3.8, 4) is 5.75 Å². The van der Waals surface area contributed by atoms with Crippen molar-refractivity contribution in [3.63, 3.8) is 0 Å². The highest BCUT2D eigenvalue weighted by Gasteiger charge is 2.23. The van der Waals surface area contributed by atoms with Crippen LogP contribution in [0.1, 0.15) is 6.92 Å². The number of amides is 2. The van der Waals surface area contributed by atoms with Crippen molar-refractivity contribution in [2.24, 2.45) is 0 Å². The molecule has 134 valence electrons. The van der Waals surface area contributed by atoms with Gasteiger partial charge in [0.25, 0.3) is 15.9 Å². The largest absolute Gasteiger partial charge is 0.490 e. The molecule has 2 amide bonds. The second kappa shape index (κ2) is 8.86. The lowest BCUT2D eigenvalue weighted by Gasteiger charge is -2.16. The summed E-state index contributed by atoms with van der Waals surface area (Å²) in [6, 6.07) is 4.03. The minimum atomic E-state index is -4.21. The van der Waals surface area contributed by atoms with Crippen LogP contribution in [0.2, 0.25) is 5.02 Å². The van der Waals surface area contributed by atoms with E-state index >= 15 is 0 Å². The quantitative estimate of drug-likeness (QED) is 0.666. The Kier molecular flexibility index (Phi) is 7.46.